The summed E-state index contributed by atoms with van der Waals surface area (Å²) in [4.78, 5) is 11.9. The maximum Gasteiger partial charge on any atom is 0.287 e. The molecular weight excluding hydrogens is 300 g/mol. The molecule has 7 heteroatoms. The molecule has 1 aromatic carbocycles. The van der Waals surface area contributed by atoms with Crippen LogP contribution in [0.2, 0.25) is 0 Å². The highest BCUT2D eigenvalue weighted by molar-refractivity contribution is 7.71. The fourth-order valence-corrected chi connectivity index (χ4v) is 2.39. The second kappa shape index (κ2) is 5.98. The number of carbonyl (C=O) groups excluding carboxylic acids is 1. The van der Waals surface area contributed by atoms with E-state index in [-0.39, 0.29) is 18.2 Å². The number of rotatable bonds is 4. The smallest absolute Gasteiger partial charge is 0.287 e. The number of aryl methyl sites for hydroxylation is 1. The number of benzene rings is 1. The molecule has 0 bridgehead atoms. The molecule has 3 rings (SSSR count). The number of H-pyrrole nitrogens is 1. The van der Waals surface area contributed by atoms with Crippen molar-refractivity contribution >= 4 is 18.1 Å². The van der Waals surface area contributed by atoms with E-state index >= 15 is 0 Å². The number of nitrogens with one attached hydrogen (secondary N) is 2. The Morgan fingerprint density at radius 2 is 2.27 bits per heavy atom. The first kappa shape index (κ1) is 14.3. The van der Waals surface area contributed by atoms with Crippen molar-refractivity contribution in [2.45, 2.75) is 13.5 Å². The molecule has 0 aliphatic carbocycles. The van der Waals surface area contributed by atoms with Crippen LogP contribution < -0.4 is 5.32 Å². The summed E-state index contributed by atoms with van der Waals surface area (Å²) in [6.45, 7) is 2.24. The van der Waals surface area contributed by atoms with Gasteiger partial charge >= 0.3 is 0 Å². The van der Waals surface area contributed by atoms with Gasteiger partial charge in [0.1, 0.15) is 0 Å². The Morgan fingerprint density at radius 1 is 1.41 bits per heavy atom. The summed E-state index contributed by atoms with van der Waals surface area (Å²) in [6, 6.07) is 11.2. The Morgan fingerprint density at radius 3 is 3.00 bits per heavy atom. The molecule has 0 saturated carbocycles. The summed E-state index contributed by atoms with van der Waals surface area (Å²) in [5.41, 5.74) is 2.02. The summed E-state index contributed by atoms with van der Waals surface area (Å²) >= 11 is 5.27. The summed E-state index contributed by atoms with van der Waals surface area (Å²) in [5.74, 6) is 0.585. The van der Waals surface area contributed by atoms with Crippen LogP contribution in [0.5, 0.6) is 0 Å². The lowest BCUT2D eigenvalue weighted by Crippen LogP contribution is -2.24. The third-order valence-electron chi connectivity index (χ3n) is 3.15. The molecule has 0 aliphatic rings. The van der Waals surface area contributed by atoms with E-state index in [1.807, 2.05) is 31.2 Å². The molecule has 0 spiro atoms. The van der Waals surface area contributed by atoms with Gasteiger partial charge in [-0.2, -0.15) is 5.10 Å². The van der Waals surface area contributed by atoms with Crippen LogP contribution in [0, 0.1) is 11.7 Å². The molecule has 0 saturated heterocycles. The topological polar surface area (TPSA) is 75.8 Å². The average molecular weight is 314 g/mol. The van der Waals surface area contributed by atoms with Crippen LogP contribution in [-0.2, 0) is 6.54 Å². The fraction of sp³-hybridized carbons (Fsp3) is 0.133. The van der Waals surface area contributed by atoms with Crippen molar-refractivity contribution in [2.75, 3.05) is 0 Å². The SMILES string of the molecule is Cc1cccc(-n2c(CNC(=O)c3ccco3)n[nH]c2=S)c1. The minimum atomic E-state index is -0.297. The maximum atomic E-state index is 11.9. The molecule has 0 radical (unpaired) electrons. The van der Waals surface area contributed by atoms with Crippen molar-refractivity contribution in [1.82, 2.24) is 20.1 Å². The van der Waals surface area contributed by atoms with Crippen molar-refractivity contribution in [1.29, 1.82) is 0 Å². The Bertz CT molecular complexity index is 849. The predicted octanol–water partition coefficient (Wildman–Crippen LogP) is 2.76. The standard InChI is InChI=1S/C15H14N4O2S/c1-10-4-2-5-11(8-10)19-13(17-18-15(19)22)9-16-14(20)12-6-3-7-21-12/h2-8H,9H2,1H3,(H,16,20)(H,18,22). The molecule has 3 aromatic rings. The van der Waals surface area contributed by atoms with Gasteiger partial charge in [-0.1, -0.05) is 12.1 Å². The van der Waals surface area contributed by atoms with Gasteiger partial charge in [-0.25, -0.2) is 0 Å². The molecular formula is C15H14N4O2S. The van der Waals surface area contributed by atoms with Gasteiger partial charge in [0.15, 0.2) is 16.4 Å². The van der Waals surface area contributed by atoms with E-state index < -0.39 is 0 Å². The normalized spacial score (nSPS) is 10.6. The molecule has 1 amide bonds. The van der Waals surface area contributed by atoms with E-state index in [4.69, 9.17) is 16.6 Å². The molecule has 2 N–H and O–H groups in total. The Hall–Kier alpha value is -2.67. The van der Waals surface area contributed by atoms with Gasteiger partial charge in [-0.15, -0.1) is 0 Å². The van der Waals surface area contributed by atoms with E-state index in [1.165, 1.54) is 6.26 Å². The molecule has 6 nitrogen and oxygen atoms in total. The summed E-state index contributed by atoms with van der Waals surface area (Å²) in [6.07, 6.45) is 1.46. The van der Waals surface area contributed by atoms with Crippen molar-refractivity contribution in [2.24, 2.45) is 0 Å². The second-order valence-corrected chi connectivity index (χ2v) is 5.17. The molecule has 0 unspecified atom stereocenters. The number of amides is 1. The maximum absolute atomic E-state index is 11.9. The average Bonchev–Trinajstić information content (AvgIpc) is 3.14. The largest absolute Gasteiger partial charge is 0.459 e. The monoisotopic (exact) mass is 314 g/mol. The molecule has 112 valence electrons. The fourth-order valence-electron chi connectivity index (χ4n) is 2.14. The lowest BCUT2D eigenvalue weighted by atomic mass is 10.2. The molecule has 22 heavy (non-hydrogen) atoms. The van der Waals surface area contributed by atoms with Gasteiger partial charge < -0.3 is 9.73 Å². The van der Waals surface area contributed by atoms with Crippen molar-refractivity contribution in [3.63, 3.8) is 0 Å². The molecule has 0 fully saturated rings. The van der Waals surface area contributed by atoms with Crippen LogP contribution in [0.25, 0.3) is 5.69 Å². The van der Waals surface area contributed by atoms with E-state index in [2.05, 4.69) is 15.5 Å². The molecule has 0 aliphatic heterocycles. The highest BCUT2D eigenvalue weighted by Crippen LogP contribution is 2.13. The van der Waals surface area contributed by atoms with Crippen molar-refractivity contribution in [3.05, 3.63) is 64.6 Å². The lowest BCUT2D eigenvalue weighted by molar-refractivity contribution is 0.0922. The van der Waals surface area contributed by atoms with Crippen LogP contribution in [-0.4, -0.2) is 20.7 Å². The summed E-state index contributed by atoms with van der Waals surface area (Å²) in [7, 11) is 0. The molecule has 2 aromatic heterocycles. The van der Waals surface area contributed by atoms with Crippen LogP contribution >= 0.6 is 12.2 Å². The van der Waals surface area contributed by atoms with Gasteiger partial charge in [0.25, 0.3) is 5.91 Å². The number of furan rings is 1. The van der Waals surface area contributed by atoms with Crippen LogP contribution in [0.3, 0.4) is 0 Å². The molecule has 2 heterocycles. The minimum Gasteiger partial charge on any atom is -0.459 e. The quantitative estimate of drug-likeness (QED) is 0.726. The minimum absolute atomic E-state index is 0.237. The predicted molar refractivity (Wildman–Crippen MR) is 83.4 cm³/mol. The number of hydrogen-bond donors (Lipinski definition) is 2. The lowest BCUT2D eigenvalue weighted by Gasteiger charge is -2.08. The second-order valence-electron chi connectivity index (χ2n) is 4.78. The molecule has 0 atom stereocenters. The van der Waals surface area contributed by atoms with E-state index in [9.17, 15) is 4.79 Å². The van der Waals surface area contributed by atoms with Crippen LogP contribution in [0.1, 0.15) is 21.9 Å². The highest BCUT2D eigenvalue weighted by atomic mass is 32.1. The zero-order valence-corrected chi connectivity index (χ0v) is 12.7. The van der Waals surface area contributed by atoms with Gasteiger partial charge in [-0.3, -0.25) is 14.5 Å². The van der Waals surface area contributed by atoms with Crippen molar-refractivity contribution in [3.8, 4) is 5.69 Å². The number of hydrogen-bond acceptors (Lipinski definition) is 4. The van der Waals surface area contributed by atoms with Gasteiger partial charge in [-0.05, 0) is 49.0 Å². The zero-order chi connectivity index (χ0) is 15.5. The van der Waals surface area contributed by atoms with Gasteiger partial charge in [0.05, 0.1) is 12.8 Å². The van der Waals surface area contributed by atoms with Gasteiger partial charge in [0.2, 0.25) is 0 Å². The number of aromatic nitrogens is 3. The first-order chi connectivity index (χ1) is 10.6. The van der Waals surface area contributed by atoms with Gasteiger partial charge in [0, 0.05) is 5.69 Å². The number of nitrogens with zero attached hydrogens (tertiary/aromatic N) is 2. The summed E-state index contributed by atoms with van der Waals surface area (Å²) < 4.78 is 7.33. The van der Waals surface area contributed by atoms with E-state index in [0.29, 0.717) is 10.6 Å². The third kappa shape index (κ3) is 2.84. The van der Waals surface area contributed by atoms with Crippen molar-refractivity contribution < 1.29 is 9.21 Å². The highest BCUT2D eigenvalue weighted by Gasteiger charge is 2.12. The Balaban J connectivity index is 1.84. The zero-order valence-electron chi connectivity index (χ0n) is 11.9. The number of aromatic amines is 1. The number of carbonyl (C=O) groups is 1. The first-order valence-corrected chi connectivity index (χ1v) is 7.11. The third-order valence-corrected chi connectivity index (χ3v) is 3.43. The Labute approximate surface area is 131 Å². The van der Waals surface area contributed by atoms with Crippen LogP contribution in [0.15, 0.2) is 47.1 Å². The first-order valence-electron chi connectivity index (χ1n) is 6.70. The van der Waals surface area contributed by atoms with E-state index in [1.54, 1.807) is 16.7 Å². The van der Waals surface area contributed by atoms with E-state index in [0.717, 1.165) is 11.3 Å². The van der Waals surface area contributed by atoms with Crippen LogP contribution in [0.4, 0.5) is 0 Å². The summed E-state index contributed by atoms with van der Waals surface area (Å²) in [5, 5.41) is 9.69. The Kier molecular flexibility index (Phi) is 3.88.